The molecule has 0 atom stereocenters. The Kier molecular flexibility index (Phi) is 7.27. The lowest BCUT2D eigenvalue weighted by molar-refractivity contribution is -0.137. The molecule has 2 heterocycles. The van der Waals surface area contributed by atoms with E-state index in [-0.39, 0.29) is 5.91 Å². The summed E-state index contributed by atoms with van der Waals surface area (Å²) < 4.78 is 41.3. The third kappa shape index (κ3) is 5.57. The molecule has 7 nitrogen and oxygen atoms in total. The third-order valence-corrected chi connectivity index (χ3v) is 6.84. The van der Waals surface area contributed by atoms with Crippen LogP contribution in [0.5, 0.6) is 0 Å². The monoisotopic (exact) mass is 504 g/mol. The van der Waals surface area contributed by atoms with Crippen molar-refractivity contribution in [3.8, 4) is 0 Å². The molecule has 0 radical (unpaired) electrons. The second-order valence-corrected chi connectivity index (χ2v) is 9.19. The molecule has 0 unspecified atom stereocenters. The maximum absolute atomic E-state index is 13.0. The van der Waals surface area contributed by atoms with Crippen LogP contribution < -0.4 is 10.6 Å². The number of carbonyl (C=O) groups is 1. The Hall–Kier alpha value is -3.18. The van der Waals surface area contributed by atoms with Gasteiger partial charge >= 0.3 is 6.18 Å². The number of nitrogens with one attached hydrogen (secondary N) is 2. The van der Waals surface area contributed by atoms with Gasteiger partial charge in [0.25, 0.3) is 5.91 Å². The molecule has 0 saturated carbocycles. The van der Waals surface area contributed by atoms with E-state index in [0.717, 1.165) is 55.0 Å². The molecule has 4 aromatic rings. The van der Waals surface area contributed by atoms with Crippen molar-refractivity contribution in [2.24, 2.45) is 7.05 Å². The number of benzene rings is 2. The number of rotatable bonds is 9. The SMILES string of the molecule is CCN(CC)CCCNC(=O)c1ccc2c(c1)nc(Nc1nc3ccc(C(F)(F)F)cc3s1)n2C. The molecule has 0 aliphatic rings. The van der Waals surface area contributed by atoms with Crippen molar-refractivity contribution in [3.63, 3.8) is 0 Å². The molecule has 1 amide bonds. The summed E-state index contributed by atoms with van der Waals surface area (Å²) in [5.74, 6) is 0.324. The number of hydrogen-bond donors (Lipinski definition) is 2. The van der Waals surface area contributed by atoms with Crippen LogP contribution in [0.25, 0.3) is 21.3 Å². The zero-order valence-electron chi connectivity index (χ0n) is 19.7. The molecule has 35 heavy (non-hydrogen) atoms. The maximum Gasteiger partial charge on any atom is 0.416 e. The van der Waals surface area contributed by atoms with Crippen LogP contribution in [0.3, 0.4) is 0 Å². The van der Waals surface area contributed by atoms with Gasteiger partial charge in [-0.15, -0.1) is 0 Å². The largest absolute Gasteiger partial charge is 0.416 e. The normalized spacial score (nSPS) is 12.1. The summed E-state index contributed by atoms with van der Waals surface area (Å²) >= 11 is 1.12. The van der Waals surface area contributed by atoms with Crippen LogP contribution >= 0.6 is 11.3 Å². The van der Waals surface area contributed by atoms with Gasteiger partial charge in [-0.25, -0.2) is 9.97 Å². The Morgan fingerprint density at radius 2 is 1.86 bits per heavy atom. The Morgan fingerprint density at radius 1 is 1.09 bits per heavy atom. The number of carbonyl (C=O) groups excluding carboxylic acids is 1. The number of thiazole rings is 1. The highest BCUT2D eigenvalue weighted by Gasteiger charge is 2.30. The molecule has 2 N–H and O–H groups in total. The van der Waals surface area contributed by atoms with Gasteiger partial charge in [0.05, 0.1) is 26.8 Å². The Morgan fingerprint density at radius 3 is 2.57 bits per heavy atom. The molecule has 0 aliphatic carbocycles. The summed E-state index contributed by atoms with van der Waals surface area (Å²) in [6, 6.07) is 8.79. The van der Waals surface area contributed by atoms with E-state index in [4.69, 9.17) is 0 Å². The fourth-order valence-electron chi connectivity index (χ4n) is 3.85. The van der Waals surface area contributed by atoms with Gasteiger partial charge in [-0.3, -0.25) is 4.79 Å². The summed E-state index contributed by atoms with van der Waals surface area (Å²) in [5, 5.41) is 6.48. The van der Waals surface area contributed by atoms with Gasteiger partial charge in [0.15, 0.2) is 5.13 Å². The molecule has 186 valence electrons. The van der Waals surface area contributed by atoms with Gasteiger partial charge in [0.1, 0.15) is 0 Å². The fraction of sp³-hybridized carbons (Fsp3) is 0.375. The summed E-state index contributed by atoms with van der Waals surface area (Å²) in [6.45, 7) is 7.74. The van der Waals surface area contributed by atoms with Gasteiger partial charge in [0.2, 0.25) is 5.95 Å². The number of aromatic nitrogens is 3. The fourth-order valence-corrected chi connectivity index (χ4v) is 4.75. The average Bonchev–Trinajstić information content (AvgIpc) is 3.37. The second kappa shape index (κ2) is 10.2. The predicted molar refractivity (Wildman–Crippen MR) is 133 cm³/mol. The number of nitrogens with zero attached hydrogens (tertiary/aromatic N) is 4. The first-order valence-corrected chi connectivity index (χ1v) is 12.2. The number of aryl methyl sites for hydroxylation is 1. The molecule has 2 aromatic carbocycles. The second-order valence-electron chi connectivity index (χ2n) is 8.16. The molecule has 2 aromatic heterocycles. The van der Waals surface area contributed by atoms with Crippen LogP contribution in [-0.2, 0) is 13.2 Å². The van der Waals surface area contributed by atoms with E-state index < -0.39 is 11.7 Å². The van der Waals surface area contributed by atoms with E-state index in [1.807, 2.05) is 17.7 Å². The quantitative estimate of drug-likeness (QED) is 0.298. The summed E-state index contributed by atoms with van der Waals surface area (Å²) in [5.41, 5.74) is 1.73. The highest BCUT2D eigenvalue weighted by molar-refractivity contribution is 7.22. The molecule has 4 rings (SSSR count). The maximum atomic E-state index is 13.0. The first kappa shape index (κ1) is 24.9. The van der Waals surface area contributed by atoms with Crippen LogP contribution in [0.1, 0.15) is 36.2 Å². The number of alkyl halides is 3. The van der Waals surface area contributed by atoms with Crippen LogP contribution in [0.15, 0.2) is 36.4 Å². The highest BCUT2D eigenvalue weighted by atomic mass is 32.1. The number of halogens is 3. The molecule has 0 aliphatic heterocycles. The highest BCUT2D eigenvalue weighted by Crippen LogP contribution is 2.35. The number of fused-ring (bicyclic) bond motifs is 2. The van der Waals surface area contributed by atoms with Gasteiger partial charge < -0.3 is 20.1 Å². The van der Waals surface area contributed by atoms with E-state index in [9.17, 15) is 18.0 Å². The topological polar surface area (TPSA) is 75.1 Å². The zero-order valence-corrected chi connectivity index (χ0v) is 20.6. The van der Waals surface area contributed by atoms with E-state index in [1.165, 1.54) is 6.07 Å². The van der Waals surface area contributed by atoms with Crippen molar-refractivity contribution in [2.75, 3.05) is 31.5 Å². The van der Waals surface area contributed by atoms with Gasteiger partial charge in [0, 0.05) is 19.2 Å². The number of hydrogen-bond acceptors (Lipinski definition) is 6. The Labute approximate surface area is 205 Å². The minimum Gasteiger partial charge on any atom is -0.352 e. The summed E-state index contributed by atoms with van der Waals surface area (Å²) in [6.07, 6.45) is -3.53. The number of imidazole rings is 1. The predicted octanol–water partition coefficient (Wildman–Crippen LogP) is 5.41. The van der Waals surface area contributed by atoms with Crippen LogP contribution in [0.4, 0.5) is 24.3 Å². The molecular formula is C24H27F3N6OS. The minimum absolute atomic E-state index is 0.154. The zero-order chi connectivity index (χ0) is 25.2. The van der Waals surface area contributed by atoms with Crippen molar-refractivity contribution in [3.05, 3.63) is 47.5 Å². The van der Waals surface area contributed by atoms with Crippen molar-refractivity contribution >= 4 is 49.6 Å². The Balaban J connectivity index is 1.47. The average molecular weight is 505 g/mol. The van der Waals surface area contributed by atoms with Gasteiger partial charge in [-0.1, -0.05) is 25.2 Å². The summed E-state index contributed by atoms with van der Waals surface area (Å²) in [7, 11) is 1.82. The van der Waals surface area contributed by atoms with Crippen LogP contribution in [-0.4, -0.2) is 51.5 Å². The Bertz CT molecular complexity index is 1340. The smallest absolute Gasteiger partial charge is 0.352 e. The lowest BCUT2D eigenvalue weighted by atomic mass is 10.2. The molecular weight excluding hydrogens is 477 g/mol. The van der Waals surface area contributed by atoms with E-state index >= 15 is 0 Å². The number of amides is 1. The molecule has 11 heteroatoms. The third-order valence-electron chi connectivity index (χ3n) is 5.91. The molecule has 0 saturated heterocycles. The molecule has 0 bridgehead atoms. The van der Waals surface area contributed by atoms with Crippen molar-refractivity contribution in [1.82, 2.24) is 24.8 Å². The van der Waals surface area contributed by atoms with Gasteiger partial charge in [-0.2, -0.15) is 13.2 Å². The molecule has 0 spiro atoms. The first-order chi connectivity index (χ1) is 16.7. The summed E-state index contributed by atoms with van der Waals surface area (Å²) in [4.78, 5) is 23.8. The van der Waals surface area contributed by atoms with E-state index in [0.29, 0.717) is 38.9 Å². The van der Waals surface area contributed by atoms with Crippen molar-refractivity contribution < 1.29 is 18.0 Å². The minimum atomic E-state index is -4.40. The van der Waals surface area contributed by atoms with E-state index in [1.54, 1.807) is 12.1 Å². The van der Waals surface area contributed by atoms with Crippen molar-refractivity contribution in [1.29, 1.82) is 0 Å². The lowest BCUT2D eigenvalue weighted by Gasteiger charge is -2.17. The van der Waals surface area contributed by atoms with Crippen molar-refractivity contribution in [2.45, 2.75) is 26.4 Å². The molecule has 0 fully saturated rings. The van der Waals surface area contributed by atoms with E-state index in [2.05, 4.69) is 39.3 Å². The standard InChI is InChI=1S/C24H27F3N6OS/c1-4-33(5-2)12-6-11-28-21(34)15-7-10-19-18(13-15)29-22(32(19)3)31-23-30-17-9-8-16(24(25,26)27)14-20(17)35-23/h7-10,13-14H,4-6,11-12H2,1-3H3,(H,28,34)(H,29,30,31). The number of anilines is 2. The lowest BCUT2D eigenvalue weighted by Crippen LogP contribution is -2.29. The first-order valence-electron chi connectivity index (χ1n) is 11.4. The van der Waals surface area contributed by atoms with Crippen LogP contribution in [0, 0.1) is 0 Å². The van der Waals surface area contributed by atoms with Gasteiger partial charge in [-0.05, 0) is 62.5 Å². The van der Waals surface area contributed by atoms with Crippen LogP contribution in [0.2, 0.25) is 0 Å².